The fourth-order valence-electron chi connectivity index (χ4n) is 3.63. The van der Waals surface area contributed by atoms with Crippen LogP contribution < -0.4 is 10.1 Å². The molecule has 1 aliphatic carbocycles. The van der Waals surface area contributed by atoms with E-state index in [1.165, 1.54) is 24.0 Å². The highest BCUT2D eigenvalue weighted by atomic mass is 32.2. The summed E-state index contributed by atoms with van der Waals surface area (Å²) in [5, 5.41) is 12.9. The Hall–Kier alpha value is -2.80. The van der Waals surface area contributed by atoms with Gasteiger partial charge in [-0.05, 0) is 56.2 Å². The van der Waals surface area contributed by atoms with Gasteiger partial charge in [0.2, 0.25) is 5.91 Å². The minimum absolute atomic E-state index is 0.158. The molecule has 1 fully saturated rings. The topological polar surface area (TPSA) is 69.0 Å². The van der Waals surface area contributed by atoms with Gasteiger partial charge in [-0.25, -0.2) is 0 Å². The predicted molar refractivity (Wildman–Crippen MR) is 132 cm³/mol. The van der Waals surface area contributed by atoms with Crippen LogP contribution in [-0.2, 0) is 17.0 Å². The summed E-state index contributed by atoms with van der Waals surface area (Å²) in [5.41, 5.74) is 3.50. The Morgan fingerprint density at radius 1 is 1.15 bits per heavy atom. The van der Waals surface area contributed by atoms with E-state index in [-0.39, 0.29) is 5.91 Å². The van der Waals surface area contributed by atoms with E-state index < -0.39 is 0 Å². The van der Waals surface area contributed by atoms with E-state index in [0.29, 0.717) is 12.3 Å². The molecule has 1 heterocycles. The molecule has 0 radical (unpaired) electrons. The predicted octanol–water partition coefficient (Wildman–Crippen LogP) is 5.12. The van der Waals surface area contributed by atoms with Crippen molar-refractivity contribution in [3.8, 4) is 11.4 Å². The van der Waals surface area contributed by atoms with E-state index in [9.17, 15) is 4.79 Å². The molecule has 0 atom stereocenters. The second-order valence-corrected chi connectivity index (χ2v) is 9.61. The number of carbonyl (C=O) groups is 1. The molecule has 0 spiro atoms. The van der Waals surface area contributed by atoms with Crippen molar-refractivity contribution in [2.75, 3.05) is 13.7 Å². The van der Waals surface area contributed by atoms with Crippen molar-refractivity contribution < 1.29 is 9.53 Å². The van der Waals surface area contributed by atoms with Crippen molar-refractivity contribution in [2.24, 2.45) is 5.92 Å². The van der Waals surface area contributed by atoms with Gasteiger partial charge in [-0.15, -0.1) is 10.2 Å². The standard InChI is InChI=1S/C26H32N4O2S/c1-19-10-12-21(13-11-19)18-33-26-29-28-24(30(26)22-6-5-7-23(16-22)32-2)8-3-4-9-25(31)27-17-20-14-15-20/h5-7,10-13,16,20H,3-4,8-9,14-15,17-18H2,1-2H3,(H,27,31). The lowest BCUT2D eigenvalue weighted by molar-refractivity contribution is -0.121. The Kier molecular flexibility index (Phi) is 8.05. The quantitative estimate of drug-likeness (QED) is 0.298. The summed E-state index contributed by atoms with van der Waals surface area (Å²) in [6, 6.07) is 16.6. The second kappa shape index (κ2) is 11.4. The third kappa shape index (κ3) is 6.84. The first-order valence-electron chi connectivity index (χ1n) is 11.7. The summed E-state index contributed by atoms with van der Waals surface area (Å²) >= 11 is 1.68. The molecule has 6 nitrogen and oxygen atoms in total. The van der Waals surface area contributed by atoms with Gasteiger partial charge >= 0.3 is 0 Å². The zero-order valence-electron chi connectivity index (χ0n) is 19.4. The number of aromatic nitrogens is 3. The molecule has 2 aromatic carbocycles. The number of aryl methyl sites for hydroxylation is 2. The van der Waals surface area contributed by atoms with E-state index in [1.807, 2.05) is 18.2 Å². The Balaban J connectivity index is 1.42. The lowest BCUT2D eigenvalue weighted by atomic mass is 10.1. The molecule has 3 aromatic rings. The van der Waals surface area contributed by atoms with Gasteiger partial charge in [0.15, 0.2) is 5.16 Å². The number of nitrogens with zero attached hydrogens (tertiary/aromatic N) is 3. The van der Waals surface area contributed by atoms with Crippen molar-refractivity contribution in [3.63, 3.8) is 0 Å². The summed E-state index contributed by atoms with van der Waals surface area (Å²) < 4.78 is 7.56. The van der Waals surface area contributed by atoms with E-state index in [2.05, 4.69) is 57.3 Å². The minimum atomic E-state index is 0.158. The molecular weight excluding hydrogens is 432 g/mol. The van der Waals surface area contributed by atoms with Crippen LogP contribution >= 0.6 is 11.8 Å². The van der Waals surface area contributed by atoms with Crippen LogP contribution in [0.4, 0.5) is 0 Å². The van der Waals surface area contributed by atoms with Gasteiger partial charge < -0.3 is 10.1 Å². The molecule has 174 valence electrons. The molecule has 1 amide bonds. The number of methoxy groups -OCH3 is 1. The van der Waals surface area contributed by atoms with Gasteiger partial charge in [0.1, 0.15) is 11.6 Å². The maximum Gasteiger partial charge on any atom is 0.220 e. The smallest absolute Gasteiger partial charge is 0.220 e. The molecule has 0 aliphatic heterocycles. The van der Waals surface area contributed by atoms with Crippen LogP contribution in [0.3, 0.4) is 0 Å². The van der Waals surface area contributed by atoms with Crippen LogP contribution in [0.5, 0.6) is 5.75 Å². The molecule has 0 bridgehead atoms. The van der Waals surface area contributed by atoms with Crippen LogP contribution in [0.15, 0.2) is 53.7 Å². The third-order valence-electron chi connectivity index (χ3n) is 5.84. The Morgan fingerprint density at radius 3 is 2.73 bits per heavy atom. The summed E-state index contributed by atoms with van der Waals surface area (Å²) in [6.07, 6.45) is 5.57. The molecule has 1 saturated carbocycles. The van der Waals surface area contributed by atoms with E-state index in [4.69, 9.17) is 4.74 Å². The Labute approximate surface area is 200 Å². The van der Waals surface area contributed by atoms with Gasteiger partial charge in [-0.3, -0.25) is 9.36 Å². The first kappa shape index (κ1) is 23.4. The van der Waals surface area contributed by atoms with Gasteiger partial charge in [0.05, 0.1) is 12.8 Å². The fraction of sp³-hybridized carbons (Fsp3) is 0.423. The molecule has 0 saturated heterocycles. The highest BCUT2D eigenvalue weighted by molar-refractivity contribution is 7.98. The Bertz CT molecular complexity index is 1060. The normalized spacial score (nSPS) is 13.2. The van der Waals surface area contributed by atoms with Crippen molar-refractivity contribution >= 4 is 17.7 Å². The zero-order valence-corrected chi connectivity index (χ0v) is 20.2. The van der Waals surface area contributed by atoms with Crippen molar-refractivity contribution in [1.82, 2.24) is 20.1 Å². The fourth-order valence-corrected chi connectivity index (χ4v) is 4.56. The lowest BCUT2D eigenvalue weighted by Crippen LogP contribution is -2.25. The summed E-state index contributed by atoms with van der Waals surface area (Å²) in [4.78, 5) is 12.0. The number of hydrogen-bond donors (Lipinski definition) is 1. The number of carbonyl (C=O) groups excluding carboxylic acids is 1. The monoisotopic (exact) mass is 464 g/mol. The van der Waals surface area contributed by atoms with Crippen LogP contribution in [0.1, 0.15) is 49.1 Å². The number of nitrogens with one attached hydrogen (secondary N) is 1. The second-order valence-electron chi connectivity index (χ2n) is 8.66. The summed E-state index contributed by atoms with van der Waals surface area (Å²) in [7, 11) is 1.67. The maximum atomic E-state index is 12.0. The summed E-state index contributed by atoms with van der Waals surface area (Å²) in [5.74, 6) is 3.41. The highest BCUT2D eigenvalue weighted by Crippen LogP contribution is 2.28. The van der Waals surface area contributed by atoms with E-state index in [0.717, 1.165) is 54.0 Å². The Morgan fingerprint density at radius 2 is 1.97 bits per heavy atom. The largest absolute Gasteiger partial charge is 0.497 e. The molecule has 7 heteroatoms. The average Bonchev–Trinajstić information content (AvgIpc) is 3.58. The maximum absolute atomic E-state index is 12.0. The minimum Gasteiger partial charge on any atom is -0.497 e. The molecule has 0 unspecified atom stereocenters. The van der Waals surface area contributed by atoms with Gasteiger partial charge in [-0.1, -0.05) is 47.7 Å². The first-order valence-corrected chi connectivity index (χ1v) is 12.6. The van der Waals surface area contributed by atoms with Gasteiger partial charge in [0.25, 0.3) is 0 Å². The molecule has 33 heavy (non-hydrogen) atoms. The van der Waals surface area contributed by atoms with Crippen LogP contribution in [-0.4, -0.2) is 34.3 Å². The zero-order chi connectivity index (χ0) is 23.0. The van der Waals surface area contributed by atoms with Crippen molar-refractivity contribution in [2.45, 2.75) is 56.4 Å². The number of benzene rings is 2. The first-order chi connectivity index (χ1) is 16.1. The number of ether oxygens (including phenoxy) is 1. The lowest BCUT2D eigenvalue weighted by Gasteiger charge is -2.12. The molecular formula is C26H32N4O2S. The number of amides is 1. The van der Waals surface area contributed by atoms with Crippen molar-refractivity contribution in [3.05, 3.63) is 65.5 Å². The molecule has 1 aromatic heterocycles. The molecule has 1 aliphatic rings. The highest BCUT2D eigenvalue weighted by Gasteiger charge is 2.21. The number of hydrogen-bond acceptors (Lipinski definition) is 5. The SMILES string of the molecule is COc1cccc(-n2c(CCCCC(=O)NCC3CC3)nnc2SCc2ccc(C)cc2)c1. The number of rotatable bonds is 12. The number of thioether (sulfide) groups is 1. The van der Waals surface area contributed by atoms with Crippen LogP contribution in [0, 0.1) is 12.8 Å². The summed E-state index contributed by atoms with van der Waals surface area (Å²) in [6.45, 7) is 2.93. The number of unbranched alkanes of at least 4 members (excludes halogenated alkanes) is 1. The third-order valence-corrected chi connectivity index (χ3v) is 6.84. The average molecular weight is 465 g/mol. The van der Waals surface area contributed by atoms with Gasteiger partial charge in [-0.2, -0.15) is 0 Å². The van der Waals surface area contributed by atoms with Gasteiger partial charge in [0, 0.05) is 31.2 Å². The van der Waals surface area contributed by atoms with E-state index in [1.54, 1.807) is 18.9 Å². The van der Waals surface area contributed by atoms with E-state index >= 15 is 0 Å². The van der Waals surface area contributed by atoms with Crippen LogP contribution in [0.2, 0.25) is 0 Å². The molecule has 4 rings (SSSR count). The molecule has 1 N–H and O–H groups in total. The van der Waals surface area contributed by atoms with Crippen LogP contribution in [0.25, 0.3) is 5.69 Å². The van der Waals surface area contributed by atoms with Crippen molar-refractivity contribution in [1.29, 1.82) is 0 Å².